The van der Waals surface area contributed by atoms with E-state index in [0.717, 1.165) is 5.56 Å². The highest BCUT2D eigenvalue weighted by molar-refractivity contribution is 7.14. The number of aromatic nitrogens is 3. The first-order valence-electron chi connectivity index (χ1n) is 7.57. The van der Waals surface area contributed by atoms with Crippen LogP contribution in [0.15, 0.2) is 42.2 Å². The van der Waals surface area contributed by atoms with Gasteiger partial charge in [-0.05, 0) is 12.1 Å². The number of hydrogen-bond donors (Lipinski definition) is 2. The molecular formula is C17H14N6O2S. The Balaban J connectivity index is 1.58. The number of rotatable bonds is 5. The van der Waals surface area contributed by atoms with E-state index in [2.05, 4.69) is 26.7 Å². The number of nitrogens with zero attached hydrogens (tertiary/aromatic N) is 4. The summed E-state index contributed by atoms with van der Waals surface area (Å²) < 4.78 is 1.57. The third-order valence-corrected chi connectivity index (χ3v) is 4.25. The van der Waals surface area contributed by atoms with E-state index < -0.39 is 0 Å². The highest BCUT2D eigenvalue weighted by Crippen LogP contribution is 2.25. The van der Waals surface area contributed by atoms with Crippen LogP contribution in [0.2, 0.25) is 0 Å². The van der Waals surface area contributed by atoms with Gasteiger partial charge in [-0.25, -0.2) is 9.97 Å². The lowest BCUT2D eigenvalue weighted by Gasteiger charge is -2.05. The van der Waals surface area contributed by atoms with Gasteiger partial charge in [0, 0.05) is 18.0 Å². The Morgan fingerprint density at radius 1 is 1.38 bits per heavy atom. The molecule has 3 aromatic rings. The third kappa shape index (κ3) is 3.93. The van der Waals surface area contributed by atoms with Crippen molar-refractivity contribution < 1.29 is 9.59 Å². The van der Waals surface area contributed by atoms with Gasteiger partial charge in [-0.1, -0.05) is 12.1 Å². The maximum absolute atomic E-state index is 12.0. The van der Waals surface area contributed by atoms with Crippen molar-refractivity contribution in [2.45, 2.75) is 0 Å². The molecule has 0 unspecified atom stereocenters. The van der Waals surface area contributed by atoms with Crippen molar-refractivity contribution in [1.82, 2.24) is 19.9 Å². The molecule has 0 aliphatic rings. The Kier molecular flexibility index (Phi) is 5.05. The van der Waals surface area contributed by atoms with Crippen LogP contribution >= 0.6 is 11.3 Å². The number of carbonyl (C=O) groups is 2. The van der Waals surface area contributed by atoms with Gasteiger partial charge >= 0.3 is 0 Å². The number of imidazole rings is 1. The van der Waals surface area contributed by atoms with Crippen molar-refractivity contribution in [3.63, 3.8) is 0 Å². The van der Waals surface area contributed by atoms with Crippen LogP contribution in [-0.4, -0.2) is 32.9 Å². The first-order chi connectivity index (χ1) is 12.6. The largest absolute Gasteiger partial charge is 0.342 e. The minimum Gasteiger partial charge on any atom is -0.342 e. The number of aryl methyl sites for hydroxylation is 1. The van der Waals surface area contributed by atoms with Gasteiger partial charge in [0.05, 0.1) is 36.4 Å². The van der Waals surface area contributed by atoms with Gasteiger partial charge in [0.2, 0.25) is 5.91 Å². The summed E-state index contributed by atoms with van der Waals surface area (Å²) in [6.45, 7) is -0.178. The lowest BCUT2D eigenvalue weighted by molar-refractivity contribution is -0.115. The van der Waals surface area contributed by atoms with Gasteiger partial charge in [-0.15, -0.1) is 11.3 Å². The minimum atomic E-state index is -0.382. The molecule has 0 bridgehead atoms. The van der Waals surface area contributed by atoms with Crippen molar-refractivity contribution in [3.8, 4) is 17.3 Å². The first kappa shape index (κ1) is 17.3. The van der Waals surface area contributed by atoms with Crippen LogP contribution in [0.3, 0.4) is 0 Å². The van der Waals surface area contributed by atoms with Gasteiger partial charge < -0.3 is 15.2 Å². The number of thiazole rings is 1. The molecular weight excluding hydrogens is 352 g/mol. The third-order valence-electron chi connectivity index (χ3n) is 3.50. The van der Waals surface area contributed by atoms with Crippen LogP contribution in [0.5, 0.6) is 0 Å². The van der Waals surface area contributed by atoms with Crippen molar-refractivity contribution in [2.75, 3.05) is 11.9 Å². The number of carbonyl (C=O) groups excluding carboxylic acids is 2. The zero-order valence-electron chi connectivity index (χ0n) is 13.8. The molecule has 0 saturated heterocycles. The van der Waals surface area contributed by atoms with Gasteiger partial charge in [0.15, 0.2) is 5.13 Å². The van der Waals surface area contributed by atoms with Crippen LogP contribution in [0, 0.1) is 11.3 Å². The summed E-state index contributed by atoms with van der Waals surface area (Å²) in [5, 5.41) is 16.3. The summed E-state index contributed by atoms with van der Waals surface area (Å²) in [5.74, 6) is -0.763. The fourth-order valence-electron chi connectivity index (χ4n) is 2.20. The van der Waals surface area contributed by atoms with Crippen molar-refractivity contribution in [3.05, 3.63) is 53.4 Å². The van der Waals surface area contributed by atoms with Crippen LogP contribution in [0.25, 0.3) is 11.3 Å². The van der Waals surface area contributed by atoms with Crippen molar-refractivity contribution in [1.29, 1.82) is 5.26 Å². The van der Waals surface area contributed by atoms with E-state index in [0.29, 0.717) is 22.1 Å². The lowest BCUT2D eigenvalue weighted by Crippen LogP contribution is -2.33. The van der Waals surface area contributed by atoms with Crippen LogP contribution in [0.1, 0.15) is 16.1 Å². The summed E-state index contributed by atoms with van der Waals surface area (Å²) in [5.41, 5.74) is 2.37. The number of nitrogens with one attached hydrogen (secondary N) is 2. The van der Waals surface area contributed by atoms with E-state index in [1.807, 2.05) is 6.07 Å². The van der Waals surface area contributed by atoms with Crippen molar-refractivity contribution in [2.24, 2.45) is 7.05 Å². The first-order valence-corrected chi connectivity index (χ1v) is 8.45. The Morgan fingerprint density at radius 3 is 2.96 bits per heavy atom. The van der Waals surface area contributed by atoms with Crippen LogP contribution < -0.4 is 10.6 Å². The normalized spacial score (nSPS) is 10.2. The molecule has 2 amide bonds. The average molecular weight is 366 g/mol. The number of benzene rings is 1. The highest BCUT2D eigenvalue weighted by Gasteiger charge is 2.13. The van der Waals surface area contributed by atoms with Gasteiger partial charge in [0.25, 0.3) is 5.91 Å². The summed E-state index contributed by atoms with van der Waals surface area (Å²) in [7, 11) is 1.69. The fourth-order valence-corrected chi connectivity index (χ4v) is 2.94. The SMILES string of the molecule is Cn1cncc1C(=O)NCC(=O)Nc1nc(-c2cccc(C#N)c2)cs1. The quantitative estimate of drug-likeness (QED) is 0.715. The van der Waals surface area contributed by atoms with Gasteiger partial charge in [0.1, 0.15) is 5.69 Å². The minimum absolute atomic E-state index is 0.178. The molecule has 0 radical (unpaired) electrons. The standard InChI is InChI=1S/C17H14N6O2S/c1-23-10-19-7-14(23)16(25)20-8-15(24)22-17-21-13(9-26-17)12-4-2-3-11(5-12)6-18/h2-5,7,9-10H,8H2,1H3,(H,20,25)(H,21,22,24). The summed E-state index contributed by atoms with van der Waals surface area (Å²) in [4.78, 5) is 32.1. The van der Waals surface area contributed by atoms with E-state index in [1.54, 1.807) is 35.2 Å². The molecule has 3 rings (SSSR count). The Morgan fingerprint density at radius 2 is 2.23 bits per heavy atom. The second kappa shape index (κ2) is 7.58. The van der Waals surface area contributed by atoms with Crippen molar-refractivity contribution >= 4 is 28.3 Å². The molecule has 8 nitrogen and oxygen atoms in total. The maximum atomic E-state index is 12.0. The topological polar surface area (TPSA) is 113 Å². The van der Waals surface area contributed by atoms with E-state index in [-0.39, 0.29) is 18.4 Å². The summed E-state index contributed by atoms with van der Waals surface area (Å²) >= 11 is 1.27. The lowest BCUT2D eigenvalue weighted by atomic mass is 10.1. The maximum Gasteiger partial charge on any atom is 0.269 e. The van der Waals surface area contributed by atoms with Gasteiger partial charge in [-0.2, -0.15) is 5.26 Å². The fraction of sp³-hybridized carbons (Fsp3) is 0.118. The Labute approximate surface area is 153 Å². The molecule has 0 saturated carbocycles. The van der Waals surface area contributed by atoms with E-state index >= 15 is 0 Å². The van der Waals surface area contributed by atoms with E-state index in [9.17, 15) is 9.59 Å². The van der Waals surface area contributed by atoms with Crippen LogP contribution in [0.4, 0.5) is 5.13 Å². The summed E-state index contributed by atoms with van der Waals surface area (Å²) in [6.07, 6.45) is 2.93. The monoisotopic (exact) mass is 366 g/mol. The molecule has 0 atom stereocenters. The second-order valence-corrected chi connectivity index (χ2v) is 6.21. The highest BCUT2D eigenvalue weighted by atomic mass is 32.1. The van der Waals surface area contributed by atoms with E-state index in [1.165, 1.54) is 23.9 Å². The molecule has 2 aromatic heterocycles. The molecule has 2 heterocycles. The molecule has 130 valence electrons. The zero-order valence-corrected chi connectivity index (χ0v) is 14.6. The van der Waals surface area contributed by atoms with E-state index in [4.69, 9.17) is 5.26 Å². The molecule has 2 N–H and O–H groups in total. The smallest absolute Gasteiger partial charge is 0.269 e. The molecule has 26 heavy (non-hydrogen) atoms. The Bertz CT molecular complexity index is 1000. The average Bonchev–Trinajstić information content (AvgIpc) is 3.29. The molecule has 0 aliphatic heterocycles. The summed E-state index contributed by atoms with van der Waals surface area (Å²) in [6, 6.07) is 9.14. The predicted octanol–water partition coefficient (Wildman–Crippen LogP) is 1.78. The molecule has 9 heteroatoms. The van der Waals surface area contributed by atoms with Crippen LogP contribution in [-0.2, 0) is 11.8 Å². The predicted molar refractivity (Wildman–Crippen MR) is 96.4 cm³/mol. The molecule has 0 spiro atoms. The Hall–Kier alpha value is -3.51. The zero-order chi connectivity index (χ0) is 18.5. The molecule has 0 fully saturated rings. The number of hydrogen-bond acceptors (Lipinski definition) is 6. The molecule has 1 aromatic carbocycles. The number of nitriles is 1. The number of amides is 2. The molecule has 0 aliphatic carbocycles. The second-order valence-electron chi connectivity index (χ2n) is 5.35. The van der Waals surface area contributed by atoms with Gasteiger partial charge in [-0.3, -0.25) is 9.59 Å². The number of anilines is 1.